The number of nitrogens with zero attached hydrogens (tertiary/aromatic N) is 3. The molecule has 0 radical (unpaired) electrons. The molecule has 0 fully saturated rings. The van der Waals surface area contributed by atoms with Crippen molar-refractivity contribution in [2.24, 2.45) is 0 Å². The van der Waals surface area contributed by atoms with Gasteiger partial charge in [-0.05, 0) is 36.5 Å². The van der Waals surface area contributed by atoms with Crippen LogP contribution in [-0.2, 0) is 0 Å². The van der Waals surface area contributed by atoms with E-state index in [1.165, 1.54) is 4.90 Å². The van der Waals surface area contributed by atoms with Crippen LogP contribution in [0.5, 0.6) is 0 Å². The van der Waals surface area contributed by atoms with Gasteiger partial charge in [0.15, 0.2) is 5.65 Å². The van der Waals surface area contributed by atoms with Crippen molar-refractivity contribution in [1.82, 2.24) is 14.6 Å². The van der Waals surface area contributed by atoms with Gasteiger partial charge in [0.05, 0.1) is 0 Å². The third-order valence-electron chi connectivity index (χ3n) is 1.94. The number of rotatable bonds is 1. The molecule has 0 aliphatic rings. The van der Waals surface area contributed by atoms with E-state index in [0.29, 0.717) is 0 Å². The lowest BCUT2D eigenvalue weighted by Crippen LogP contribution is -1.87. The minimum atomic E-state index is -0.0406. The first-order valence-electron chi connectivity index (χ1n) is 4.17. The van der Waals surface area contributed by atoms with Crippen LogP contribution in [0.1, 0.15) is 5.82 Å². The first kappa shape index (κ1) is 8.56. The SMILES string of the molecule is Cc1nc2cc([SH](C)C)ccn2n1. The fourth-order valence-electron chi connectivity index (χ4n) is 1.26. The maximum Gasteiger partial charge on any atom is 0.156 e. The van der Waals surface area contributed by atoms with Gasteiger partial charge in [0.25, 0.3) is 0 Å². The van der Waals surface area contributed by atoms with E-state index in [1.807, 2.05) is 17.6 Å². The van der Waals surface area contributed by atoms with E-state index in [0.717, 1.165) is 11.5 Å². The highest BCUT2D eigenvalue weighted by molar-refractivity contribution is 8.15. The zero-order chi connectivity index (χ0) is 9.42. The number of thiol groups is 1. The number of pyridine rings is 1. The Morgan fingerprint density at radius 2 is 2.15 bits per heavy atom. The molecular weight excluding hydrogens is 182 g/mol. The largest absolute Gasteiger partial charge is 0.233 e. The van der Waals surface area contributed by atoms with Crippen LogP contribution in [0.4, 0.5) is 0 Å². The summed E-state index contributed by atoms with van der Waals surface area (Å²) < 4.78 is 1.82. The quantitative estimate of drug-likeness (QED) is 0.701. The molecule has 0 atom stereocenters. The van der Waals surface area contributed by atoms with Gasteiger partial charge in [-0.25, -0.2) is 20.4 Å². The minimum Gasteiger partial charge on any atom is -0.233 e. The van der Waals surface area contributed by atoms with Crippen molar-refractivity contribution in [3.05, 3.63) is 24.2 Å². The van der Waals surface area contributed by atoms with Crippen molar-refractivity contribution in [2.75, 3.05) is 12.5 Å². The van der Waals surface area contributed by atoms with Crippen molar-refractivity contribution < 1.29 is 0 Å². The molecule has 0 saturated heterocycles. The molecule has 0 saturated carbocycles. The van der Waals surface area contributed by atoms with Crippen LogP contribution >= 0.6 is 10.9 Å². The molecule has 70 valence electrons. The molecule has 0 bridgehead atoms. The maximum absolute atomic E-state index is 4.32. The van der Waals surface area contributed by atoms with Crippen LogP contribution in [0.25, 0.3) is 5.65 Å². The van der Waals surface area contributed by atoms with Crippen molar-refractivity contribution in [3.8, 4) is 0 Å². The summed E-state index contributed by atoms with van der Waals surface area (Å²) in [6, 6.07) is 4.23. The highest BCUT2D eigenvalue weighted by Crippen LogP contribution is 2.28. The number of aromatic nitrogens is 3. The van der Waals surface area contributed by atoms with Gasteiger partial charge in [-0.2, -0.15) is 5.10 Å². The first-order chi connectivity index (χ1) is 6.16. The molecule has 13 heavy (non-hydrogen) atoms. The average Bonchev–Trinajstić information content (AvgIpc) is 2.42. The van der Waals surface area contributed by atoms with E-state index < -0.39 is 0 Å². The van der Waals surface area contributed by atoms with E-state index >= 15 is 0 Å². The van der Waals surface area contributed by atoms with Crippen LogP contribution in [-0.4, -0.2) is 27.1 Å². The summed E-state index contributed by atoms with van der Waals surface area (Å²) in [7, 11) is -0.0406. The summed E-state index contributed by atoms with van der Waals surface area (Å²) in [4.78, 5) is 5.69. The summed E-state index contributed by atoms with van der Waals surface area (Å²) in [6.07, 6.45) is 6.46. The maximum atomic E-state index is 4.32. The van der Waals surface area contributed by atoms with E-state index in [4.69, 9.17) is 0 Å². The van der Waals surface area contributed by atoms with Crippen LogP contribution < -0.4 is 0 Å². The predicted molar refractivity (Wildman–Crippen MR) is 56.8 cm³/mol. The molecule has 3 nitrogen and oxygen atoms in total. The fourth-order valence-corrected chi connectivity index (χ4v) is 2.00. The van der Waals surface area contributed by atoms with Crippen molar-refractivity contribution >= 4 is 16.5 Å². The van der Waals surface area contributed by atoms with E-state index in [1.54, 1.807) is 0 Å². The molecule has 0 aromatic carbocycles. The van der Waals surface area contributed by atoms with Gasteiger partial charge in [-0.15, -0.1) is 0 Å². The van der Waals surface area contributed by atoms with E-state index in [9.17, 15) is 0 Å². The normalized spacial score (nSPS) is 12.1. The third kappa shape index (κ3) is 1.54. The Morgan fingerprint density at radius 1 is 1.38 bits per heavy atom. The van der Waals surface area contributed by atoms with Crippen molar-refractivity contribution in [3.63, 3.8) is 0 Å². The lowest BCUT2D eigenvalue weighted by molar-refractivity contribution is 0.925. The average molecular weight is 195 g/mol. The lowest BCUT2D eigenvalue weighted by Gasteiger charge is -2.08. The van der Waals surface area contributed by atoms with Gasteiger partial charge in [-0.1, -0.05) is 0 Å². The molecule has 2 aromatic heterocycles. The number of hydrogen-bond acceptors (Lipinski definition) is 2. The van der Waals surface area contributed by atoms with Crippen molar-refractivity contribution in [2.45, 2.75) is 11.8 Å². The molecule has 4 heteroatoms. The van der Waals surface area contributed by atoms with Gasteiger partial charge in [0.2, 0.25) is 0 Å². The molecule has 2 aromatic rings. The zero-order valence-electron chi connectivity index (χ0n) is 8.02. The Labute approximate surface area is 80.1 Å². The Hall–Kier alpha value is -1.03. The van der Waals surface area contributed by atoms with Gasteiger partial charge in [0, 0.05) is 6.20 Å². The summed E-state index contributed by atoms with van der Waals surface area (Å²) in [5.74, 6) is 0.827. The summed E-state index contributed by atoms with van der Waals surface area (Å²) >= 11 is 0. The van der Waals surface area contributed by atoms with Gasteiger partial charge in [-0.3, -0.25) is 0 Å². The molecule has 0 unspecified atom stereocenters. The standard InChI is InChI=1S/C9H13N3S/c1-7-10-9-6-8(13(2)3)4-5-12(9)11-7/h4-6,13H,1-3H3. The third-order valence-corrected chi connectivity index (χ3v) is 3.25. The Bertz CT molecular complexity index is 433. The zero-order valence-corrected chi connectivity index (χ0v) is 8.92. The molecule has 0 aliphatic heterocycles. The Morgan fingerprint density at radius 3 is 2.85 bits per heavy atom. The van der Waals surface area contributed by atoms with Gasteiger partial charge in [0.1, 0.15) is 5.82 Å². The summed E-state index contributed by atoms with van der Waals surface area (Å²) in [5.41, 5.74) is 0.950. The van der Waals surface area contributed by atoms with E-state index in [2.05, 4.69) is 34.7 Å². The lowest BCUT2D eigenvalue weighted by atomic mass is 10.5. The monoisotopic (exact) mass is 195 g/mol. The highest BCUT2D eigenvalue weighted by atomic mass is 32.2. The number of fused-ring (bicyclic) bond motifs is 1. The van der Waals surface area contributed by atoms with Crippen LogP contribution in [0.2, 0.25) is 0 Å². The van der Waals surface area contributed by atoms with Crippen LogP contribution in [0.15, 0.2) is 23.2 Å². The second kappa shape index (κ2) is 3.03. The molecule has 0 N–H and O–H groups in total. The highest BCUT2D eigenvalue weighted by Gasteiger charge is 2.01. The molecular formula is C9H13N3S. The molecule has 2 heterocycles. The van der Waals surface area contributed by atoms with Gasteiger partial charge >= 0.3 is 0 Å². The molecule has 0 spiro atoms. The molecule has 0 amide bonds. The second-order valence-electron chi connectivity index (χ2n) is 3.24. The second-order valence-corrected chi connectivity index (χ2v) is 5.55. The number of aryl methyl sites for hydroxylation is 1. The predicted octanol–water partition coefficient (Wildman–Crippen LogP) is 1.66. The summed E-state index contributed by atoms with van der Waals surface area (Å²) in [5, 5.41) is 4.23. The molecule has 2 rings (SSSR count). The van der Waals surface area contributed by atoms with Gasteiger partial charge < -0.3 is 0 Å². The minimum absolute atomic E-state index is 0.0406. The smallest absolute Gasteiger partial charge is 0.156 e. The Balaban J connectivity index is 2.61. The Kier molecular flexibility index (Phi) is 2.00. The summed E-state index contributed by atoms with van der Waals surface area (Å²) in [6.45, 7) is 1.91. The first-order valence-corrected chi connectivity index (χ1v) is 6.41. The topological polar surface area (TPSA) is 30.2 Å². The molecule has 0 aliphatic carbocycles. The fraction of sp³-hybridized carbons (Fsp3) is 0.333. The van der Waals surface area contributed by atoms with Crippen LogP contribution in [0.3, 0.4) is 0 Å². The van der Waals surface area contributed by atoms with Crippen LogP contribution in [0, 0.1) is 6.92 Å². The van der Waals surface area contributed by atoms with E-state index in [-0.39, 0.29) is 10.9 Å². The number of hydrogen-bond donors (Lipinski definition) is 1. The van der Waals surface area contributed by atoms with Crippen molar-refractivity contribution in [1.29, 1.82) is 0 Å².